The summed E-state index contributed by atoms with van der Waals surface area (Å²) >= 11 is 0. The van der Waals surface area contributed by atoms with Crippen LogP contribution in [0.2, 0.25) is 0 Å². The number of carbonyl (C=O) groups is 1. The fourth-order valence-corrected chi connectivity index (χ4v) is 4.12. The van der Waals surface area contributed by atoms with Gasteiger partial charge in [-0.15, -0.1) is 0 Å². The number of allylic oxidation sites excluding steroid dienone is 2. The van der Waals surface area contributed by atoms with Crippen LogP contribution in [0.25, 0.3) is 16.5 Å². The zero-order valence-electron chi connectivity index (χ0n) is 18.0. The molecule has 0 radical (unpaired) electrons. The van der Waals surface area contributed by atoms with Crippen LogP contribution < -0.4 is 10.7 Å². The van der Waals surface area contributed by atoms with E-state index in [1.165, 1.54) is 25.1 Å². The van der Waals surface area contributed by atoms with Crippen LogP contribution in [0.4, 0.5) is 18.9 Å². The van der Waals surface area contributed by atoms with Crippen LogP contribution >= 0.6 is 0 Å². The van der Waals surface area contributed by atoms with Gasteiger partial charge in [0.05, 0.1) is 17.0 Å². The number of hydrogen-bond acceptors (Lipinski definition) is 4. The van der Waals surface area contributed by atoms with Gasteiger partial charge in [-0.3, -0.25) is 4.79 Å². The van der Waals surface area contributed by atoms with E-state index in [-0.39, 0.29) is 40.7 Å². The van der Waals surface area contributed by atoms with Crippen LogP contribution in [-0.4, -0.2) is 17.0 Å². The van der Waals surface area contributed by atoms with Gasteiger partial charge in [-0.25, -0.2) is 18.0 Å². The van der Waals surface area contributed by atoms with Crippen LogP contribution in [0.5, 0.6) is 0 Å². The van der Waals surface area contributed by atoms with Gasteiger partial charge >= 0.3 is 5.97 Å². The lowest BCUT2D eigenvalue weighted by Gasteiger charge is -2.23. The summed E-state index contributed by atoms with van der Waals surface area (Å²) in [6.07, 6.45) is 0.650. The molecule has 2 aromatic carbocycles. The number of carboxylic acid groups (broad SMARTS) is 1. The summed E-state index contributed by atoms with van der Waals surface area (Å²) in [5, 5.41) is 12.5. The molecule has 0 unspecified atom stereocenters. The minimum atomic E-state index is -2.79. The molecule has 1 heterocycles. The van der Waals surface area contributed by atoms with Gasteiger partial charge in [0.2, 0.25) is 0 Å². The summed E-state index contributed by atoms with van der Waals surface area (Å²) in [6, 6.07) is 7.95. The topological polar surface area (TPSA) is 79.5 Å². The Kier molecular flexibility index (Phi) is 5.78. The molecule has 1 aliphatic rings. The second-order valence-electron chi connectivity index (χ2n) is 8.26. The van der Waals surface area contributed by atoms with Crippen LogP contribution in [0.3, 0.4) is 0 Å². The lowest BCUT2D eigenvalue weighted by Crippen LogP contribution is -2.19. The molecule has 1 aromatic heterocycles. The summed E-state index contributed by atoms with van der Waals surface area (Å²) in [6.45, 7) is 3.22. The van der Waals surface area contributed by atoms with Crippen molar-refractivity contribution in [2.75, 3.05) is 5.32 Å². The molecule has 3 aromatic rings. The van der Waals surface area contributed by atoms with Gasteiger partial charge < -0.3 is 14.8 Å². The fraction of sp³-hybridized carbons (Fsp3) is 0.280. The molecule has 0 saturated heterocycles. The molecule has 1 aliphatic carbocycles. The Morgan fingerprint density at radius 3 is 2.64 bits per heavy atom. The van der Waals surface area contributed by atoms with E-state index in [2.05, 4.69) is 5.32 Å². The normalized spacial score (nSPS) is 16.3. The molecule has 4 rings (SSSR count). The number of carboxylic acids is 1. The Morgan fingerprint density at radius 1 is 1.24 bits per heavy atom. The first kappa shape index (κ1) is 22.6. The van der Waals surface area contributed by atoms with Gasteiger partial charge in [-0.1, -0.05) is 18.2 Å². The molecule has 0 fully saturated rings. The Balaban J connectivity index is 1.84. The van der Waals surface area contributed by atoms with E-state index < -0.39 is 35.6 Å². The Hall–Kier alpha value is -3.55. The van der Waals surface area contributed by atoms with Crippen LogP contribution in [0, 0.1) is 12.7 Å². The van der Waals surface area contributed by atoms with E-state index in [4.69, 9.17) is 4.42 Å². The Labute approximate surface area is 187 Å². The number of nitrogens with one attached hydrogen (secondary N) is 1. The minimum Gasteiger partial charge on any atom is -0.478 e. The van der Waals surface area contributed by atoms with E-state index in [0.717, 1.165) is 6.07 Å². The largest absolute Gasteiger partial charge is 0.478 e. The van der Waals surface area contributed by atoms with Crippen molar-refractivity contribution in [1.82, 2.24) is 0 Å². The average molecular weight is 457 g/mol. The Morgan fingerprint density at radius 2 is 1.97 bits per heavy atom. The molecular weight excluding hydrogens is 435 g/mol. The van der Waals surface area contributed by atoms with Gasteiger partial charge in [0.1, 0.15) is 17.2 Å². The van der Waals surface area contributed by atoms with E-state index in [1.54, 1.807) is 25.1 Å². The summed E-state index contributed by atoms with van der Waals surface area (Å²) in [7, 11) is 0. The standard InChI is InChI=1S/C25H22F3NO4/c1-13-21(30)19-12-16(26)11-18(14(2)29-20-6-4-3-5-17(20)24(31)32)23(19)33-22(13)15-7-9-25(27,28)10-8-15/h3-7,11-12,14,29H,8-10H2,1-2H3,(H,31,32)/t14-/m1/s1. The maximum absolute atomic E-state index is 14.5. The molecule has 0 amide bonds. The number of para-hydroxylation sites is 1. The number of halogens is 3. The summed E-state index contributed by atoms with van der Waals surface area (Å²) in [5.41, 5.74) is 1.11. The lowest BCUT2D eigenvalue weighted by atomic mass is 9.92. The smallest absolute Gasteiger partial charge is 0.337 e. The number of benzene rings is 2. The molecule has 1 atom stereocenters. The van der Waals surface area contributed by atoms with Gasteiger partial charge in [0.25, 0.3) is 5.92 Å². The number of rotatable bonds is 5. The van der Waals surface area contributed by atoms with Crippen molar-refractivity contribution < 1.29 is 27.5 Å². The van der Waals surface area contributed by atoms with E-state index >= 15 is 0 Å². The van der Waals surface area contributed by atoms with Crippen molar-refractivity contribution in [2.45, 2.75) is 45.1 Å². The third kappa shape index (κ3) is 4.37. The van der Waals surface area contributed by atoms with Crippen molar-refractivity contribution in [2.24, 2.45) is 0 Å². The third-order valence-electron chi connectivity index (χ3n) is 5.91. The SMILES string of the molecule is Cc1c(C2=CCC(F)(F)CC2)oc2c([C@@H](C)Nc3ccccc3C(=O)O)cc(F)cc2c1=O. The molecule has 0 spiro atoms. The fourth-order valence-electron chi connectivity index (χ4n) is 4.12. The predicted molar refractivity (Wildman–Crippen MR) is 119 cm³/mol. The van der Waals surface area contributed by atoms with Crippen molar-refractivity contribution in [3.63, 3.8) is 0 Å². The van der Waals surface area contributed by atoms with Crippen molar-refractivity contribution >= 4 is 28.2 Å². The third-order valence-corrected chi connectivity index (χ3v) is 5.91. The van der Waals surface area contributed by atoms with Gasteiger partial charge in [0.15, 0.2) is 5.43 Å². The highest BCUT2D eigenvalue weighted by Crippen LogP contribution is 2.38. The van der Waals surface area contributed by atoms with Gasteiger partial charge in [-0.05, 0) is 50.1 Å². The summed E-state index contributed by atoms with van der Waals surface area (Å²) in [4.78, 5) is 24.6. The lowest BCUT2D eigenvalue weighted by molar-refractivity contribution is -0.00618. The molecule has 2 N–H and O–H groups in total. The number of alkyl halides is 2. The Bertz CT molecular complexity index is 1340. The summed E-state index contributed by atoms with van der Waals surface area (Å²) < 4.78 is 47.7. The maximum Gasteiger partial charge on any atom is 0.337 e. The summed E-state index contributed by atoms with van der Waals surface area (Å²) in [5.74, 6) is -4.35. The molecule has 5 nitrogen and oxygen atoms in total. The first-order chi connectivity index (χ1) is 15.6. The van der Waals surface area contributed by atoms with Gasteiger partial charge in [0, 0.05) is 29.7 Å². The minimum absolute atomic E-state index is 0.0353. The monoisotopic (exact) mass is 457 g/mol. The number of aromatic carboxylic acids is 1. The van der Waals surface area contributed by atoms with Crippen molar-refractivity contribution in [3.8, 4) is 0 Å². The molecule has 0 bridgehead atoms. The van der Waals surface area contributed by atoms with E-state index in [9.17, 15) is 27.9 Å². The highest BCUT2D eigenvalue weighted by atomic mass is 19.3. The number of anilines is 1. The molecular formula is C25H22F3NO4. The molecule has 33 heavy (non-hydrogen) atoms. The molecule has 0 aliphatic heterocycles. The number of hydrogen-bond donors (Lipinski definition) is 2. The zero-order valence-corrected chi connectivity index (χ0v) is 18.0. The highest BCUT2D eigenvalue weighted by molar-refractivity contribution is 5.94. The van der Waals surface area contributed by atoms with Crippen LogP contribution in [0.1, 0.15) is 59.5 Å². The van der Waals surface area contributed by atoms with Crippen LogP contribution in [-0.2, 0) is 0 Å². The highest BCUT2D eigenvalue weighted by Gasteiger charge is 2.32. The first-order valence-electron chi connectivity index (χ1n) is 10.5. The molecule has 172 valence electrons. The number of fused-ring (bicyclic) bond motifs is 1. The average Bonchev–Trinajstić information content (AvgIpc) is 2.76. The second kappa shape index (κ2) is 8.42. The van der Waals surface area contributed by atoms with E-state index in [1.807, 2.05) is 0 Å². The van der Waals surface area contributed by atoms with Crippen molar-refractivity contribution in [1.29, 1.82) is 0 Å². The maximum atomic E-state index is 14.5. The second-order valence-corrected chi connectivity index (χ2v) is 8.26. The van der Waals surface area contributed by atoms with Crippen LogP contribution in [0.15, 0.2) is 51.7 Å². The first-order valence-corrected chi connectivity index (χ1v) is 10.5. The molecule has 0 saturated carbocycles. The quantitative estimate of drug-likeness (QED) is 0.469. The van der Waals surface area contributed by atoms with E-state index in [0.29, 0.717) is 16.8 Å². The van der Waals surface area contributed by atoms with Gasteiger partial charge in [-0.2, -0.15) is 0 Å². The zero-order chi connectivity index (χ0) is 23.9. The molecule has 8 heteroatoms. The van der Waals surface area contributed by atoms with Crippen molar-refractivity contribution in [3.05, 3.63) is 81.0 Å². The predicted octanol–water partition coefficient (Wildman–Crippen LogP) is 6.31.